The van der Waals surface area contributed by atoms with Crippen molar-refractivity contribution in [3.05, 3.63) is 40.3 Å². The number of nitrogens with one attached hydrogen (secondary N) is 1. The number of hydrogen-bond donors (Lipinski definition) is 2. The maximum absolute atomic E-state index is 12.4. The lowest BCUT2D eigenvalue weighted by Crippen LogP contribution is -2.27. The Morgan fingerprint density at radius 2 is 1.86 bits per heavy atom. The van der Waals surface area contributed by atoms with Crippen LogP contribution in [-0.2, 0) is 17.6 Å². The minimum Gasteiger partial charge on any atom is -0.497 e. The quantitative estimate of drug-likeness (QED) is 0.744. The van der Waals surface area contributed by atoms with E-state index >= 15 is 0 Å². The summed E-state index contributed by atoms with van der Waals surface area (Å²) in [6, 6.07) is 6.99. The summed E-state index contributed by atoms with van der Waals surface area (Å²) in [6.45, 7) is 6.57. The van der Waals surface area contributed by atoms with Crippen LogP contribution >= 0.6 is 11.3 Å². The monoisotopic (exact) mass is 416 g/mol. The molecule has 2 aromatic rings. The van der Waals surface area contributed by atoms with E-state index in [1.54, 1.807) is 31.4 Å². The first-order valence-corrected chi connectivity index (χ1v) is 10.5. The second-order valence-electron chi connectivity index (χ2n) is 8.39. The average molecular weight is 417 g/mol. The van der Waals surface area contributed by atoms with Crippen molar-refractivity contribution in [2.24, 2.45) is 17.1 Å². The number of carbonyl (C=O) groups is 2. The number of methoxy groups -OCH3 is 1. The van der Waals surface area contributed by atoms with Gasteiger partial charge in [0, 0.05) is 4.88 Å². The number of benzene rings is 1. The highest BCUT2D eigenvalue weighted by Gasteiger charge is 2.33. The Bertz CT molecular complexity index is 897. The number of amides is 2. The van der Waals surface area contributed by atoms with E-state index in [0.717, 1.165) is 29.7 Å². The molecule has 0 saturated carbocycles. The maximum atomic E-state index is 12.4. The zero-order valence-corrected chi connectivity index (χ0v) is 18.2. The molecule has 1 aromatic carbocycles. The number of fused-ring (bicyclic) bond motifs is 1. The molecule has 3 N–H and O–H groups in total. The molecule has 0 radical (unpaired) electrons. The fraction of sp³-hybridized carbons (Fsp3) is 0.455. The largest absolute Gasteiger partial charge is 0.497 e. The highest BCUT2D eigenvalue weighted by molar-refractivity contribution is 7.17. The number of hydrogen-bond acceptors (Lipinski definition) is 5. The lowest BCUT2D eigenvalue weighted by Gasteiger charge is -2.33. The molecule has 0 spiro atoms. The molecule has 1 atom stereocenters. The molecule has 0 aliphatic heterocycles. The summed E-state index contributed by atoms with van der Waals surface area (Å²) in [5.74, 6) is 0.994. The van der Waals surface area contributed by atoms with Crippen LogP contribution in [0.2, 0.25) is 0 Å². The molecular weight excluding hydrogens is 388 g/mol. The molecule has 7 heteroatoms. The fourth-order valence-corrected chi connectivity index (χ4v) is 5.01. The molecule has 1 aromatic heterocycles. The van der Waals surface area contributed by atoms with Gasteiger partial charge in [0.15, 0.2) is 6.61 Å². The zero-order chi connectivity index (χ0) is 21.2. The van der Waals surface area contributed by atoms with Crippen molar-refractivity contribution >= 4 is 28.2 Å². The van der Waals surface area contributed by atoms with Crippen LogP contribution < -0.4 is 20.5 Å². The highest BCUT2D eigenvalue weighted by Crippen LogP contribution is 2.44. The fourth-order valence-electron chi connectivity index (χ4n) is 3.66. The molecule has 6 nitrogen and oxygen atoms in total. The molecule has 0 fully saturated rings. The molecule has 1 aliphatic carbocycles. The van der Waals surface area contributed by atoms with E-state index in [-0.39, 0.29) is 17.9 Å². The van der Waals surface area contributed by atoms with Crippen LogP contribution in [0.5, 0.6) is 11.5 Å². The average Bonchev–Trinajstić information content (AvgIpc) is 3.03. The van der Waals surface area contributed by atoms with Crippen molar-refractivity contribution < 1.29 is 19.1 Å². The van der Waals surface area contributed by atoms with E-state index in [0.29, 0.717) is 28.0 Å². The van der Waals surface area contributed by atoms with Gasteiger partial charge < -0.3 is 20.5 Å². The van der Waals surface area contributed by atoms with Crippen LogP contribution in [0.4, 0.5) is 5.00 Å². The smallest absolute Gasteiger partial charge is 0.262 e. The predicted molar refractivity (Wildman–Crippen MR) is 115 cm³/mol. The van der Waals surface area contributed by atoms with E-state index < -0.39 is 5.91 Å². The third-order valence-corrected chi connectivity index (χ3v) is 6.59. The summed E-state index contributed by atoms with van der Waals surface area (Å²) in [6.07, 6.45) is 2.73. The van der Waals surface area contributed by atoms with E-state index in [2.05, 4.69) is 26.1 Å². The minimum absolute atomic E-state index is 0.155. The molecule has 0 bridgehead atoms. The third kappa shape index (κ3) is 4.90. The summed E-state index contributed by atoms with van der Waals surface area (Å²) in [4.78, 5) is 25.7. The number of ether oxygens (including phenoxy) is 2. The lowest BCUT2D eigenvalue weighted by molar-refractivity contribution is -0.118. The van der Waals surface area contributed by atoms with Gasteiger partial charge in [-0.15, -0.1) is 11.3 Å². The number of thiophene rings is 1. The highest BCUT2D eigenvalue weighted by atomic mass is 32.1. The van der Waals surface area contributed by atoms with Gasteiger partial charge in [-0.1, -0.05) is 20.8 Å². The van der Waals surface area contributed by atoms with Crippen molar-refractivity contribution in [3.63, 3.8) is 0 Å². The van der Waals surface area contributed by atoms with Crippen molar-refractivity contribution in [1.29, 1.82) is 0 Å². The Balaban J connectivity index is 1.70. The van der Waals surface area contributed by atoms with Crippen LogP contribution in [0, 0.1) is 11.3 Å². The molecule has 0 saturated heterocycles. The first-order chi connectivity index (χ1) is 13.7. The first kappa shape index (κ1) is 21.2. The van der Waals surface area contributed by atoms with Gasteiger partial charge in [0.05, 0.1) is 12.7 Å². The van der Waals surface area contributed by atoms with E-state index in [1.165, 1.54) is 11.3 Å². The van der Waals surface area contributed by atoms with Gasteiger partial charge >= 0.3 is 0 Å². The second-order valence-corrected chi connectivity index (χ2v) is 9.50. The Morgan fingerprint density at radius 1 is 1.21 bits per heavy atom. The number of anilines is 1. The normalized spacial score (nSPS) is 16.1. The molecule has 156 valence electrons. The number of rotatable bonds is 6. The van der Waals surface area contributed by atoms with Crippen LogP contribution in [0.1, 0.15) is 48.0 Å². The summed E-state index contributed by atoms with van der Waals surface area (Å²) < 4.78 is 10.6. The third-order valence-electron chi connectivity index (χ3n) is 5.42. The van der Waals surface area contributed by atoms with Crippen molar-refractivity contribution in [1.82, 2.24) is 0 Å². The number of primary amides is 1. The lowest BCUT2D eigenvalue weighted by atomic mass is 9.72. The van der Waals surface area contributed by atoms with Gasteiger partial charge in [0.25, 0.3) is 11.8 Å². The Labute approximate surface area is 175 Å². The molecule has 1 heterocycles. The van der Waals surface area contributed by atoms with E-state index in [4.69, 9.17) is 15.2 Å². The van der Waals surface area contributed by atoms with Crippen molar-refractivity contribution in [2.75, 3.05) is 19.0 Å². The van der Waals surface area contributed by atoms with Gasteiger partial charge in [0.2, 0.25) is 0 Å². The van der Waals surface area contributed by atoms with Gasteiger partial charge in [0.1, 0.15) is 16.5 Å². The SMILES string of the molecule is COc1ccc(OCC(=O)Nc2sc3c(c2C(N)=O)CC[C@H](C(C)(C)C)C3)cc1. The van der Waals surface area contributed by atoms with Crippen LogP contribution in [-0.4, -0.2) is 25.5 Å². The Morgan fingerprint density at radius 3 is 2.45 bits per heavy atom. The zero-order valence-electron chi connectivity index (χ0n) is 17.3. The maximum Gasteiger partial charge on any atom is 0.262 e. The van der Waals surface area contributed by atoms with Crippen molar-refractivity contribution in [2.45, 2.75) is 40.0 Å². The van der Waals surface area contributed by atoms with Crippen LogP contribution in [0.15, 0.2) is 24.3 Å². The molecule has 0 unspecified atom stereocenters. The summed E-state index contributed by atoms with van der Waals surface area (Å²) in [5.41, 5.74) is 7.29. The van der Waals surface area contributed by atoms with E-state index in [9.17, 15) is 9.59 Å². The molecule has 3 rings (SSSR count). The first-order valence-electron chi connectivity index (χ1n) is 9.70. The minimum atomic E-state index is -0.497. The van der Waals surface area contributed by atoms with Gasteiger partial charge in [-0.3, -0.25) is 9.59 Å². The van der Waals surface area contributed by atoms with Gasteiger partial charge in [-0.25, -0.2) is 0 Å². The summed E-state index contributed by atoms with van der Waals surface area (Å²) in [5, 5.41) is 3.35. The second kappa shape index (κ2) is 8.45. The molecule has 29 heavy (non-hydrogen) atoms. The molecule has 2 amide bonds. The van der Waals surface area contributed by atoms with Crippen LogP contribution in [0.25, 0.3) is 0 Å². The summed E-state index contributed by atoms with van der Waals surface area (Å²) >= 11 is 1.46. The predicted octanol–water partition coefficient (Wildman–Crippen LogP) is 4.02. The molecule has 1 aliphatic rings. The Hall–Kier alpha value is -2.54. The topological polar surface area (TPSA) is 90.7 Å². The van der Waals surface area contributed by atoms with Crippen LogP contribution in [0.3, 0.4) is 0 Å². The number of carbonyl (C=O) groups excluding carboxylic acids is 2. The number of nitrogens with two attached hydrogens (primary N) is 1. The Kier molecular flexibility index (Phi) is 6.17. The van der Waals surface area contributed by atoms with Gasteiger partial charge in [-0.05, 0) is 60.4 Å². The van der Waals surface area contributed by atoms with Gasteiger partial charge in [-0.2, -0.15) is 0 Å². The molecular formula is C22H28N2O4S. The van der Waals surface area contributed by atoms with Crippen molar-refractivity contribution in [3.8, 4) is 11.5 Å². The summed E-state index contributed by atoms with van der Waals surface area (Å²) in [7, 11) is 1.59. The van der Waals surface area contributed by atoms with E-state index in [1.807, 2.05) is 0 Å². The standard InChI is InChI=1S/C22H28N2O4S/c1-22(2,3)13-5-10-16-17(11-13)29-21(19(16)20(23)26)24-18(25)12-28-15-8-6-14(27-4)7-9-15/h6-9,13H,5,10-12H2,1-4H3,(H2,23,26)(H,24,25)/t13-/m0/s1.